The molecule has 0 saturated carbocycles. The first kappa shape index (κ1) is 16.1. The monoisotopic (exact) mass is 264 g/mol. The Kier molecular flexibility index (Phi) is 9.30. The van der Waals surface area contributed by atoms with E-state index in [1.54, 1.807) is 0 Å². The lowest BCUT2D eigenvalue weighted by Crippen LogP contribution is -2.13. The number of ketones is 2. The van der Waals surface area contributed by atoms with Crippen molar-refractivity contribution in [1.29, 1.82) is 0 Å². The van der Waals surface area contributed by atoms with Crippen molar-refractivity contribution in [3.63, 3.8) is 0 Å². The van der Waals surface area contributed by atoms with Crippen LogP contribution in [0.5, 0.6) is 0 Å². The van der Waals surface area contributed by atoms with Gasteiger partial charge in [-0.05, 0) is 38.5 Å². The Morgan fingerprint density at radius 3 is 1.42 bits per heavy atom. The molecule has 0 unspecified atom stereocenters. The van der Waals surface area contributed by atoms with E-state index in [1.165, 1.54) is 32.1 Å². The highest BCUT2D eigenvalue weighted by atomic mass is 16.2. The third-order valence-electron chi connectivity index (χ3n) is 3.78. The maximum atomic E-state index is 11.6. The number of hydrogen-bond acceptors (Lipinski definition) is 2. The first-order chi connectivity index (χ1) is 9.30. The van der Waals surface area contributed by atoms with Gasteiger partial charge in [0.1, 0.15) is 0 Å². The number of Topliss-reactive ketones (excluding diaryl/α,β-unsaturated/α-hetero) is 2. The molecule has 2 nitrogen and oxygen atoms in total. The molecule has 0 aliphatic heterocycles. The number of hydrogen-bond donors (Lipinski definition) is 0. The molecule has 0 amide bonds. The molecular formula is C17H28O2. The minimum atomic E-state index is -0.139. The summed E-state index contributed by atoms with van der Waals surface area (Å²) in [6.07, 6.45) is 17.9. The molecule has 1 rings (SSSR count). The lowest BCUT2D eigenvalue weighted by Gasteiger charge is -2.01. The van der Waals surface area contributed by atoms with E-state index >= 15 is 0 Å². The normalized spacial score (nSPS) is 22.1. The Hall–Kier alpha value is -0.920. The van der Waals surface area contributed by atoms with Gasteiger partial charge in [0.25, 0.3) is 0 Å². The van der Waals surface area contributed by atoms with Crippen LogP contribution in [-0.2, 0) is 9.59 Å². The van der Waals surface area contributed by atoms with E-state index in [1.807, 2.05) is 0 Å². The highest BCUT2D eigenvalue weighted by Gasteiger charge is 2.12. The maximum Gasteiger partial charge on any atom is 0.198 e. The van der Waals surface area contributed by atoms with Gasteiger partial charge in [-0.2, -0.15) is 0 Å². The van der Waals surface area contributed by atoms with E-state index in [2.05, 4.69) is 12.2 Å². The lowest BCUT2D eigenvalue weighted by molar-refractivity contribution is -0.136. The highest BCUT2D eigenvalue weighted by molar-refractivity contribution is 6.37. The van der Waals surface area contributed by atoms with Gasteiger partial charge in [-0.15, -0.1) is 0 Å². The van der Waals surface area contributed by atoms with Gasteiger partial charge in [-0.25, -0.2) is 0 Å². The van der Waals surface area contributed by atoms with Crippen molar-refractivity contribution in [2.45, 2.75) is 83.5 Å². The summed E-state index contributed by atoms with van der Waals surface area (Å²) in [5.74, 6) is -0.274. The van der Waals surface area contributed by atoms with Crippen LogP contribution in [-0.4, -0.2) is 11.6 Å². The van der Waals surface area contributed by atoms with E-state index < -0.39 is 0 Å². The molecular weight excluding hydrogens is 236 g/mol. The zero-order valence-corrected chi connectivity index (χ0v) is 12.2. The van der Waals surface area contributed by atoms with E-state index in [9.17, 15) is 9.59 Å². The van der Waals surface area contributed by atoms with E-state index in [4.69, 9.17) is 0 Å². The average Bonchev–Trinajstić information content (AvgIpc) is 2.41. The van der Waals surface area contributed by atoms with E-state index in [0.717, 1.165) is 38.5 Å². The summed E-state index contributed by atoms with van der Waals surface area (Å²) in [7, 11) is 0. The van der Waals surface area contributed by atoms with Crippen molar-refractivity contribution >= 4 is 11.6 Å². The molecule has 2 heteroatoms. The molecule has 0 heterocycles. The summed E-state index contributed by atoms with van der Waals surface area (Å²) < 4.78 is 0. The fourth-order valence-corrected chi connectivity index (χ4v) is 2.49. The second kappa shape index (κ2) is 11.0. The third-order valence-corrected chi connectivity index (χ3v) is 3.78. The second-order valence-corrected chi connectivity index (χ2v) is 5.58. The number of rotatable bonds is 0. The third kappa shape index (κ3) is 8.74. The zero-order chi connectivity index (χ0) is 13.8. The summed E-state index contributed by atoms with van der Waals surface area (Å²) in [5.41, 5.74) is 0. The first-order valence-electron chi connectivity index (χ1n) is 8.02. The molecule has 0 radical (unpaired) electrons. The average molecular weight is 264 g/mol. The summed E-state index contributed by atoms with van der Waals surface area (Å²) >= 11 is 0. The van der Waals surface area contributed by atoms with Crippen molar-refractivity contribution in [3.8, 4) is 0 Å². The van der Waals surface area contributed by atoms with E-state index in [0.29, 0.717) is 12.8 Å². The number of allylic oxidation sites excluding steroid dienone is 2. The predicted octanol–water partition coefficient (Wildman–Crippen LogP) is 4.77. The fourth-order valence-electron chi connectivity index (χ4n) is 2.49. The molecule has 108 valence electrons. The van der Waals surface area contributed by atoms with Crippen LogP contribution in [0.4, 0.5) is 0 Å². The standard InChI is InChI=1S/C17H28O2/c18-16-14-12-10-8-6-4-2-1-3-5-7-9-11-13-15-17(16)19/h2,4H,1,3,5-15H2. The molecule has 0 saturated heterocycles. The minimum Gasteiger partial charge on any atom is -0.291 e. The zero-order valence-electron chi connectivity index (χ0n) is 12.2. The van der Waals surface area contributed by atoms with Gasteiger partial charge in [-0.3, -0.25) is 9.59 Å². The lowest BCUT2D eigenvalue weighted by atomic mass is 10.0. The largest absolute Gasteiger partial charge is 0.291 e. The van der Waals surface area contributed by atoms with Crippen molar-refractivity contribution in [2.75, 3.05) is 0 Å². The van der Waals surface area contributed by atoms with Gasteiger partial charge in [-0.1, -0.05) is 44.3 Å². The molecule has 0 aromatic carbocycles. The van der Waals surface area contributed by atoms with Crippen LogP contribution in [0.25, 0.3) is 0 Å². The van der Waals surface area contributed by atoms with Crippen LogP contribution >= 0.6 is 0 Å². The van der Waals surface area contributed by atoms with Crippen LogP contribution in [0, 0.1) is 0 Å². The van der Waals surface area contributed by atoms with Gasteiger partial charge in [0.05, 0.1) is 0 Å². The van der Waals surface area contributed by atoms with Gasteiger partial charge in [0.15, 0.2) is 11.6 Å². The fraction of sp³-hybridized carbons (Fsp3) is 0.765. The molecule has 0 atom stereocenters. The summed E-state index contributed by atoms with van der Waals surface area (Å²) in [6.45, 7) is 0. The molecule has 0 aromatic heterocycles. The molecule has 0 aromatic rings. The minimum absolute atomic E-state index is 0.135. The molecule has 19 heavy (non-hydrogen) atoms. The molecule has 0 N–H and O–H groups in total. The Morgan fingerprint density at radius 1 is 0.526 bits per heavy atom. The van der Waals surface area contributed by atoms with Gasteiger partial charge in [0.2, 0.25) is 0 Å². The van der Waals surface area contributed by atoms with Gasteiger partial charge < -0.3 is 0 Å². The van der Waals surface area contributed by atoms with E-state index in [-0.39, 0.29) is 11.6 Å². The second-order valence-electron chi connectivity index (χ2n) is 5.58. The molecule has 1 aliphatic carbocycles. The predicted molar refractivity (Wildman–Crippen MR) is 79.2 cm³/mol. The number of carbonyl (C=O) groups excluding carboxylic acids is 2. The molecule has 1 aliphatic rings. The Balaban J connectivity index is 2.29. The van der Waals surface area contributed by atoms with Crippen molar-refractivity contribution < 1.29 is 9.59 Å². The smallest absolute Gasteiger partial charge is 0.198 e. The van der Waals surface area contributed by atoms with Crippen LogP contribution in [0.1, 0.15) is 83.5 Å². The first-order valence-corrected chi connectivity index (χ1v) is 8.02. The summed E-state index contributed by atoms with van der Waals surface area (Å²) in [6, 6.07) is 0. The quantitative estimate of drug-likeness (QED) is 0.466. The topological polar surface area (TPSA) is 34.1 Å². The molecule has 0 bridgehead atoms. The van der Waals surface area contributed by atoms with Gasteiger partial charge >= 0.3 is 0 Å². The summed E-state index contributed by atoms with van der Waals surface area (Å²) in [4.78, 5) is 23.2. The Bertz CT molecular complexity index is 292. The summed E-state index contributed by atoms with van der Waals surface area (Å²) in [5, 5.41) is 0. The van der Waals surface area contributed by atoms with Crippen LogP contribution in [0.3, 0.4) is 0 Å². The van der Waals surface area contributed by atoms with Crippen molar-refractivity contribution in [2.24, 2.45) is 0 Å². The maximum absolute atomic E-state index is 11.6. The highest BCUT2D eigenvalue weighted by Crippen LogP contribution is 2.12. The van der Waals surface area contributed by atoms with Crippen molar-refractivity contribution in [1.82, 2.24) is 0 Å². The van der Waals surface area contributed by atoms with Crippen molar-refractivity contribution in [3.05, 3.63) is 12.2 Å². The Labute approximate surface area is 117 Å². The van der Waals surface area contributed by atoms with Crippen LogP contribution < -0.4 is 0 Å². The number of carbonyl (C=O) groups is 2. The SMILES string of the molecule is O=C1CCCCCC=CCCCCCCCCC1=O. The molecule has 0 spiro atoms. The van der Waals surface area contributed by atoms with Gasteiger partial charge in [0, 0.05) is 12.8 Å². The Morgan fingerprint density at radius 2 is 0.895 bits per heavy atom. The van der Waals surface area contributed by atoms with Crippen LogP contribution in [0.2, 0.25) is 0 Å². The van der Waals surface area contributed by atoms with Crippen LogP contribution in [0.15, 0.2) is 12.2 Å². The molecule has 0 fully saturated rings.